The summed E-state index contributed by atoms with van der Waals surface area (Å²) in [5.41, 5.74) is 2.09. The minimum Gasteiger partial charge on any atom is -0.497 e. The summed E-state index contributed by atoms with van der Waals surface area (Å²) in [5, 5.41) is 6.36. The second kappa shape index (κ2) is 7.34. The van der Waals surface area contributed by atoms with Gasteiger partial charge in [-0.15, -0.1) is 11.3 Å². The van der Waals surface area contributed by atoms with Crippen LogP contribution in [0.1, 0.15) is 67.3 Å². The van der Waals surface area contributed by atoms with Gasteiger partial charge in [0.15, 0.2) is 0 Å². The highest BCUT2D eigenvalue weighted by Crippen LogP contribution is 2.41. The van der Waals surface area contributed by atoms with Crippen LogP contribution in [-0.4, -0.2) is 18.0 Å². The molecule has 0 bridgehead atoms. The van der Waals surface area contributed by atoms with Crippen LogP contribution in [0.2, 0.25) is 0 Å². The molecule has 1 aliphatic rings. The standard InChI is InChI=1S/C19H24N2O2S/c1-12(15-5-4-6-16(10-15)23-3)9-18(22)20-13(2)17-11-24-19(21-17)14-7-8-14/h4-6,10-14H,7-9H2,1-3H3,(H,20,22)/t12-,13-/m0/s1. The number of nitrogens with one attached hydrogen (secondary N) is 1. The molecule has 2 aromatic rings. The summed E-state index contributed by atoms with van der Waals surface area (Å²) < 4.78 is 5.25. The van der Waals surface area contributed by atoms with Crippen molar-refractivity contribution in [2.75, 3.05) is 7.11 Å². The average Bonchev–Trinajstić information content (AvgIpc) is 3.31. The first-order valence-electron chi connectivity index (χ1n) is 8.45. The zero-order valence-corrected chi connectivity index (χ0v) is 15.2. The molecular weight excluding hydrogens is 320 g/mol. The maximum atomic E-state index is 12.4. The quantitative estimate of drug-likeness (QED) is 0.810. The molecular formula is C19H24N2O2S. The minimum absolute atomic E-state index is 0.0428. The second-order valence-corrected chi connectivity index (χ2v) is 7.45. The predicted molar refractivity (Wildman–Crippen MR) is 96.7 cm³/mol. The third-order valence-corrected chi connectivity index (χ3v) is 5.47. The molecule has 0 aliphatic heterocycles. The van der Waals surface area contributed by atoms with E-state index in [4.69, 9.17) is 4.74 Å². The fourth-order valence-electron chi connectivity index (χ4n) is 2.74. The van der Waals surface area contributed by atoms with Crippen LogP contribution in [0.15, 0.2) is 29.6 Å². The molecule has 128 valence electrons. The topological polar surface area (TPSA) is 51.2 Å². The Morgan fingerprint density at radius 3 is 2.92 bits per heavy atom. The lowest BCUT2D eigenvalue weighted by molar-refractivity contribution is -0.122. The first-order valence-corrected chi connectivity index (χ1v) is 9.33. The Morgan fingerprint density at radius 1 is 1.42 bits per heavy atom. The molecule has 0 spiro atoms. The molecule has 4 nitrogen and oxygen atoms in total. The molecule has 1 aromatic carbocycles. The zero-order chi connectivity index (χ0) is 17.1. The van der Waals surface area contributed by atoms with Gasteiger partial charge in [0.1, 0.15) is 5.75 Å². The van der Waals surface area contributed by atoms with E-state index in [1.54, 1.807) is 18.4 Å². The van der Waals surface area contributed by atoms with Gasteiger partial charge in [-0.2, -0.15) is 0 Å². The number of methoxy groups -OCH3 is 1. The first kappa shape index (κ1) is 17.0. The molecule has 1 amide bonds. The summed E-state index contributed by atoms with van der Waals surface area (Å²) in [4.78, 5) is 17.0. The number of thiazole rings is 1. The Hall–Kier alpha value is -1.88. The van der Waals surface area contributed by atoms with Crippen molar-refractivity contribution in [1.29, 1.82) is 0 Å². The van der Waals surface area contributed by atoms with Crippen LogP contribution in [0, 0.1) is 0 Å². The van der Waals surface area contributed by atoms with Crippen molar-refractivity contribution in [2.24, 2.45) is 0 Å². The number of hydrogen-bond donors (Lipinski definition) is 1. The lowest BCUT2D eigenvalue weighted by Gasteiger charge is -2.16. The first-order chi connectivity index (χ1) is 11.6. The highest BCUT2D eigenvalue weighted by molar-refractivity contribution is 7.09. The van der Waals surface area contributed by atoms with Gasteiger partial charge in [-0.25, -0.2) is 4.98 Å². The van der Waals surface area contributed by atoms with Gasteiger partial charge in [0.2, 0.25) is 5.91 Å². The SMILES string of the molecule is COc1cccc([C@@H](C)CC(=O)N[C@@H](C)c2csc(C3CC3)n2)c1. The molecule has 1 N–H and O–H groups in total. The number of hydrogen-bond acceptors (Lipinski definition) is 4. The van der Waals surface area contributed by atoms with E-state index < -0.39 is 0 Å². The van der Waals surface area contributed by atoms with Gasteiger partial charge in [0, 0.05) is 17.7 Å². The van der Waals surface area contributed by atoms with E-state index in [1.807, 2.05) is 31.2 Å². The molecule has 1 heterocycles. The van der Waals surface area contributed by atoms with Gasteiger partial charge in [0.25, 0.3) is 0 Å². The number of rotatable bonds is 7. The lowest BCUT2D eigenvalue weighted by Crippen LogP contribution is -2.27. The van der Waals surface area contributed by atoms with Gasteiger partial charge >= 0.3 is 0 Å². The van der Waals surface area contributed by atoms with Crippen LogP contribution >= 0.6 is 11.3 Å². The predicted octanol–water partition coefficient (Wildman–Crippen LogP) is 4.40. The van der Waals surface area contributed by atoms with Crippen LogP contribution in [0.3, 0.4) is 0 Å². The smallest absolute Gasteiger partial charge is 0.221 e. The van der Waals surface area contributed by atoms with E-state index in [0.29, 0.717) is 12.3 Å². The van der Waals surface area contributed by atoms with Gasteiger partial charge < -0.3 is 10.1 Å². The molecule has 1 fully saturated rings. The summed E-state index contributed by atoms with van der Waals surface area (Å²) in [6, 6.07) is 7.85. The normalized spacial score (nSPS) is 16.5. The summed E-state index contributed by atoms with van der Waals surface area (Å²) in [6.07, 6.45) is 2.97. The Labute approximate surface area is 147 Å². The maximum absolute atomic E-state index is 12.4. The van der Waals surface area contributed by atoms with Gasteiger partial charge in [0.05, 0.1) is 23.9 Å². The molecule has 1 aromatic heterocycles. The van der Waals surface area contributed by atoms with E-state index in [-0.39, 0.29) is 17.9 Å². The third kappa shape index (κ3) is 4.15. The molecule has 0 saturated heterocycles. The van der Waals surface area contributed by atoms with Crippen molar-refractivity contribution in [1.82, 2.24) is 10.3 Å². The van der Waals surface area contributed by atoms with Crippen LogP contribution < -0.4 is 10.1 Å². The van der Waals surface area contributed by atoms with Gasteiger partial charge in [-0.1, -0.05) is 19.1 Å². The number of ether oxygens (including phenoxy) is 1. The van der Waals surface area contributed by atoms with Gasteiger partial charge in [-0.3, -0.25) is 4.79 Å². The molecule has 24 heavy (non-hydrogen) atoms. The van der Waals surface area contributed by atoms with Crippen molar-refractivity contribution in [3.05, 3.63) is 45.9 Å². The van der Waals surface area contributed by atoms with Crippen LogP contribution in [-0.2, 0) is 4.79 Å². The molecule has 1 aliphatic carbocycles. The largest absolute Gasteiger partial charge is 0.497 e. The molecule has 2 atom stereocenters. The fraction of sp³-hybridized carbons (Fsp3) is 0.474. The van der Waals surface area contributed by atoms with Crippen molar-refractivity contribution in [2.45, 2.75) is 51.0 Å². The number of aromatic nitrogens is 1. The second-order valence-electron chi connectivity index (χ2n) is 6.56. The molecule has 3 rings (SSSR count). The van der Waals surface area contributed by atoms with Crippen molar-refractivity contribution in [3.63, 3.8) is 0 Å². The number of benzene rings is 1. The molecule has 0 unspecified atom stereocenters. The Morgan fingerprint density at radius 2 is 2.21 bits per heavy atom. The zero-order valence-electron chi connectivity index (χ0n) is 14.4. The van der Waals surface area contributed by atoms with Crippen molar-refractivity contribution >= 4 is 17.2 Å². The maximum Gasteiger partial charge on any atom is 0.221 e. The van der Waals surface area contributed by atoms with E-state index in [2.05, 4.69) is 22.6 Å². The number of nitrogens with zero attached hydrogens (tertiary/aromatic N) is 1. The molecule has 5 heteroatoms. The summed E-state index contributed by atoms with van der Waals surface area (Å²) in [7, 11) is 1.65. The summed E-state index contributed by atoms with van der Waals surface area (Å²) >= 11 is 1.71. The van der Waals surface area contributed by atoms with E-state index in [0.717, 1.165) is 17.0 Å². The number of amides is 1. The highest BCUT2D eigenvalue weighted by atomic mass is 32.1. The Kier molecular flexibility index (Phi) is 5.19. The van der Waals surface area contributed by atoms with Gasteiger partial charge in [-0.05, 0) is 43.4 Å². The highest BCUT2D eigenvalue weighted by Gasteiger charge is 2.27. The summed E-state index contributed by atoms with van der Waals surface area (Å²) in [5.74, 6) is 1.69. The Balaban J connectivity index is 1.55. The molecule has 0 radical (unpaired) electrons. The van der Waals surface area contributed by atoms with E-state index in [9.17, 15) is 4.79 Å². The average molecular weight is 344 g/mol. The van der Waals surface area contributed by atoms with Crippen molar-refractivity contribution < 1.29 is 9.53 Å². The third-order valence-electron chi connectivity index (χ3n) is 4.44. The number of carbonyl (C=O) groups excluding carboxylic acids is 1. The van der Waals surface area contributed by atoms with Crippen LogP contribution in [0.5, 0.6) is 5.75 Å². The number of carbonyl (C=O) groups is 1. The minimum atomic E-state index is -0.0428. The van der Waals surface area contributed by atoms with Crippen LogP contribution in [0.25, 0.3) is 0 Å². The molecule has 1 saturated carbocycles. The monoisotopic (exact) mass is 344 g/mol. The van der Waals surface area contributed by atoms with Crippen molar-refractivity contribution in [3.8, 4) is 5.75 Å². The van der Waals surface area contributed by atoms with Crippen LogP contribution in [0.4, 0.5) is 0 Å². The van der Waals surface area contributed by atoms with E-state index in [1.165, 1.54) is 17.8 Å². The lowest BCUT2D eigenvalue weighted by atomic mass is 9.97. The fourth-order valence-corrected chi connectivity index (χ4v) is 3.82. The summed E-state index contributed by atoms with van der Waals surface area (Å²) in [6.45, 7) is 4.06. The Bertz CT molecular complexity index is 709. The van der Waals surface area contributed by atoms with E-state index >= 15 is 0 Å².